The smallest absolute Gasteiger partial charge is 0.0499 e. The van der Waals surface area contributed by atoms with E-state index in [0.29, 0.717) is 10.9 Å². The van der Waals surface area contributed by atoms with Crippen LogP contribution >= 0.6 is 23.2 Å². The Labute approximate surface area is 152 Å². The lowest BCUT2D eigenvalue weighted by atomic mass is 9.79. The number of hydrogen-bond donors (Lipinski definition) is 1. The Kier molecular flexibility index (Phi) is 3.55. The highest BCUT2D eigenvalue weighted by Gasteiger charge is 2.38. The maximum Gasteiger partial charge on any atom is 0.0499 e. The highest BCUT2D eigenvalue weighted by molar-refractivity contribution is 6.36. The molecule has 124 valence electrons. The molecule has 2 nitrogen and oxygen atoms in total. The Morgan fingerprint density at radius 3 is 2.88 bits per heavy atom. The van der Waals surface area contributed by atoms with Crippen LogP contribution in [0.1, 0.15) is 23.5 Å². The molecule has 1 saturated heterocycles. The van der Waals surface area contributed by atoms with Gasteiger partial charge in [-0.3, -0.25) is 0 Å². The number of rotatable bonds is 1. The molecule has 1 fully saturated rings. The molecule has 0 amide bonds. The van der Waals surface area contributed by atoms with E-state index in [9.17, 15) is 0 Å². The van der Waals surface area contributed by atoms with Crippen molar-refractivity contribution in [3.05, 3.63) is 51.5 Å². The van der Waals surface area contributed by atoms with Gasteiger partial charge < -0.3 is 10.2 Å². The molecule has 3 heterocycles. The van der Waals surface area contributed by atoms with Gasteiger partial charge in [0.05, 0.1) is 0 Å². The number of aryl methyl sites for hydroxylation is 1. The number of halogens is 2. The number of nitrogens with zero attached hydrogens (tertiary/aromatic N) is 1. The Morgan fingerprint density at radius 1 is 1.08 bits per heavy atom. The molecule has 5 rings (SSSR count). The van der Waals surface area contributed by atoms with E-state index in [4.69, 9.17) is 23.2 Å². The average molecular weight is 359 g/mol. The van der Waals surface area contributed by atoms with E-state index in [1.165, 1.54) is 48.3 Å². The summed E-state index contributed by atoms with van der Waals surface area (Å²) >= 11 is 12.6. The van der Waals surface area contributed by atoms with Crippen molar-refractivity contribution in [3.63, 3.8) is 0 Å². The monoisotopic (exact) mass is 358 g/mol. The van der Waals surface area contributed by atoms with Gasteiger partial charge in [-0.2, -0.15) is 0 Å². The molecule has 3 aliphatic heterocycles. The standard InChI is InChI=1S/C20H20Cl2N2/c21-15-3-4-16(19(22)8-15)13-6-12-2-1-5-24-11-14-9-23-10-18(14)17(7-13)20(12)24/h3-4,6-8,14,18,23H,1-2,5,9-11H2/t14-,18+/m0/s1. The molecule has 24 heavy (non-hydrogen) atoms. The molecule has 0 radical (unpaired) electrons. The SMILES string of the molecule is Clc1ccc(-c2cc3c4c(c2)[C@@H]2CNC[C@H]2CN4CCC3)c(Cl)c1. The summed E-state index contributed by atoms with van der Waals surface area (Å²) < 4.78 is 0. The van der Waals surface area contributed by atoms with Crippen molar-refractivity contribution in [2.75, 3.05) is 31.1 Å². The summed E-state index contributed by atoms with van der Waals surface area (Å²) in [6.07, 6.45) is 2.41. The predicted molar refractivity (Wildman–Crippen MR) is 102 cm³/mol. The first-order valence-corrected chi connectivity index (χ1v) is 9.54. The molecule has 4 heteroatoms. The third-order valence-corrected chi connectivity index (χ3v) is 6.39. The second kappa shape index (κ2) is 5.66. The highest BCUT2D eigenvalue weighted by atomic mass is 35.5. The number of hydrogen-bond acceptors (Lipinski definition) is 2. The van der Waals surface area contributed by atoms with Crippen LogP contribution in [0.5, 0.6) is 0 Å². The molecule has 0 saturated carbocycles. The molecule has 3 aliphatic rings. The van der Waals surface area contributed by atoms with E-state index in [2.05, 4.69) is 22.3 Å². The lowest BCUT2D eigenvalue weighted by Crippen LogP contribution is -2.40. The second-order valence-corrected chi connectivity index (χ2v) is 8.12. The van der Waals surface area contributed by atoms with Crippen LogP contribution in [0.2, 0.25) is 10.0 Å². The summed E-state index contributed by atoms with van der Waals surface area (Å²) in [5, 5.41) is 5.02. The fraction of sp³-hybridized carbons (Fsp3) is 0.400. The Hall–Kier alpha value is -1.22. The van der Waals surface area contributed by atoms with Crippen LogP contribution in [-0.2, 0) is 6.42 Å². The number of nitrogens with one attached hydrogen (secondary N) is 1. The molecule has 2 aromatic carbocycles. The topological polar surface area (TPSA) is 15.3 Å². The Balaban J connectivity index is 1.70. The quantitative estimate of drug-likeness (QED) is 0.792. The Bertz CT molecular complexity index is 818. The lowest BCUT2D eigenvalue weighted by Gasteiger charge is -2.42. The summed E-state index contributed by atoms with van der Waals surface area (Å²) in [7, 11) is 0. The van der Waals surface area contributed by atoms with Crippen LogP contribution in [-0.4, -0.2) is 26.2 Å². The predicted octanol–water partition coefficient (Wildman–Crippen LogP) is 4.73. The highest BCUT2D eigenvalue weighted by Crippen LogP contribution is 2.46. The zero-order valence-electron chi connectivity index (χ0n) is 13.5. The van der Waals surface area contributed by atoms with Crippen LogP contribution in [0.4, 0.5) is 5.69 Å². The van der Waals surface area contributed by atoms with Gasteiger partial charge in [0.15, 0.2) is 0 Å². The van der Waals surface area contributed by atoms with Crippen LogP contribution in [0.15, 0.2) is 30.3 Å². The lowest BCUT2D eigenvalue weighted by molar-refractivity contribution is 0.470. The second-order valence-electron chi connectivity index (χ2n) is 7.27. The average Bonchev–Trinajstić information content (AvgIpc) is 3.03. The fourth-order valence-electron chi connectivity index (χ4n) is 4.78. The van der Waals surface area contributed by atoms with Gasteiger partial charge in [-0.05, 0) is 59.7 Å². The van der Waals surface area contributed by atoms with Gasteiger partial charge in [0.25, 0.3) is 0 Å². The van der Waals surface area contributed by atoms with Gasteiger partial charge in [0.1, 0.15) is 0 Å². The summed E-state index contributed by atoms with van der Waals surface area (Å²) in [6.45, 7) is 4.65. The van der Waals surface area contributed by atoms with Crippen molar-refractivity contribution in [2.45, 2.75) is 18.8 Å². The molecule has 0 aliphatic carbocycles. The van der Waals surface area contributed by atoms with Gasteiger partial charge in [0, 0.05) is 53.4 Å². The molecule has 1 N–H and O–H groups in total. The molecule has 0 spiro atoms. The van der Waals surface area contributed by atoms with Crippen molar-refractivity contribution >= 4 is 28.9 Å². The van der Waals surface area contributed by atoms with E-state index >= 15 is 0 Å². The first-order chi connectivity index (χ1) is 11.7. The van der Waals surface area contributed by atoms with Crippen molar-refractivity contribution in [1.82, 2.24) is 5.32 Å². The minimum Gasteiger partial charge on any atom is -0.371 e. The minimum absolute atomic E-state index is 0.638. The maximum atomic E-state index is 6.49. The van der Waals surface area contributed by atoms with Crippen LogP contribution in [0.3, 0.4) is 0 Å². The van der Waals surface area contributed by atoms with E-state index in [1.807, 2.05) is 18.2 Å². The molecule has 0 aromatic heterocycles. The zero-order chi connectivity index (χ0) is 16.3. The van der Waals surface area contributed by atoms with E-state index in [-0.39, 0.29) is 0 Å². The van der Waals surface area contributed by atoms with Gasteiger partial charge in [-0.25, -0.2) is 0 Å². The molecule has 2 atom stereocenters. The summed E-state index contributed by atoms with van der Waals surface area (Å²) in [5.41, 5.74) is 6.85. The maximum absolute atomic E-state index is 6.49. The third kappa shape index (κ3) is 2.28. The number of benzene rings is 2. The molecular weight excluding hydrogens is 339 g/mol. The molecule has 0 bridgehead atoms. The fourth-order valence-corrected chi connectivity index (χ4v) is 5.30. The van der Waals surface area contributed by atoms with Gasteiger partial charge in [-0.15, -0.1) is 0 Å². The summed E-state index contributed by atoms with van der Waals surface area (Å²) in [6, 6.07) is 10.6. The number of anilines is 1. The normalized spacial score (nSPS) is 24.7. The van der Waals surface area contributed by atoms with Gasteiger partial charge in [0.2, 0.25) is 0 Å². The van der Waals surface area contributed by atoms with E-state index in [1.54, 1.807) is 0 Å². The van der Waals surface area contributed by atoms with Crippen molar-refractivity contribution < 1.29 is 0 Å². The van der Waals surface area contributed by atoms with Crippen LogP contribution < -0.4 is 10.2 Å². The minimum atomic E-state index is 0.638. The van der Waals surface area contributed by atoms with E-state index < -0.39 is 0 Å². The zero-order valence-corrected chi connectivity index (χ0v) is 15.0. The van der Waals surface area contributed by atoms with Crippen molar-refractivity contribution in [2.24, 2.45) is 5.92 Å². The van der Waals surface area contributed by atoms with Crippen molar-refractivity contribution in [3.8, 4) is 11.1 Å². The Morgan fingerprint density at radius 2 is 2.00 bits per heavy atom. The summed E-state index contributed by atoms with van der Waals surface area (Å²) in [5.74, 6) is 1.37. The third-order valence-electron chi connectivity index (χ3n) is 5.85. The van der Waals surface area contributed by atoms with Gasteiger partial charge in [-0.1, -0.05) is 29.3 Å². The molecule has 0 unspecified atom stereocenters. The first-order valence-electron chi connectivity index (χ1n) is 8.78. The molecule has 2 aromatic rings. The summed E-state index contributed by atoms with van der Waals surface area (Å²) in [4.78, 5) is 2.62. The van der Waals surface area contributed by atoms with Crippen LogP contribution in [0.25, 0.3) is 11.1 Å². The van der Waals surface area contributed by atoms with E-state index in [0.717, 1.165) is 29.6 Å². The first kappa shape index (κ1) is 15.1. The largest absolute Gasteiger partial charge is 0.371 e. The number of fused-ring (bicyclic) bond motifs is 2. The molecular formula is C20H20Cl2N2. The van der Waals surface area contributed by atoms with Crippen molar-refractivity contribution in [1.29, 1.82) is 0 Å². The van der Waals surface area contributed by atoms with Crippen LogP contribution in [0, 0.1) is 5.92 Å². The van der Waals surface area contributed by atoms with Gasteiger partial charge >= 0.3 is 0 Å².